The molecule has 7 nitrogen and oxygen atoms in total. The number of amides is 1. The second kappa shape index (κ2) is 5.21. The van der Waals surface area contributed by atoms with E-state index in [1.165, 1.54) is 12.3 Å². The van der Waals surface area contributed by atoms with Gasteiger partial charge < -0.3 is 10.2 Å². The smallest absolute Gasteiger partial charge is 0.277 e. The molecule has 0 aliphatic carbocycles. The molecule has 0 aromatic carbocycles. The minimum Gasteiger partial charge on any atom is -0.365 e. The van der Waals surface area contributed by atoms with Gasteiger partial charge in [-0.2, -0.15) is 0 Å². The fraction of sp³-hybridized carbons (Fsp3) is 0.500. The van der Waals surface area contributed by atoms with Crippen LogP contribution in [0.5, 0.6) is 0 Å². The number of carbonyl (C=O) groups is 1. The Morgan fingerprint density at radius 1 is 1.58 bits per heavy atom. The highest BCUT2D eigenvalue weighted by Crippen LogP contribution is 2.21. The lowest BCUT2D eigenvalue weighted by atomic mass is 10.1. The average molecular weight is 264 g/mol. The molecule has 1 unspecified atom stereocenters. The molecule has 0 bridgehead atoms. The van der Waals surface area contributed by atoms with Gasteiger partial charge in [0, 0.05) is 37.8 Å². The van der Waals surface area contributed by atoms with Gasteiger partial charge in [0.1, 0.15) is 5.82 Å². The Morgan fingerprint density at radius 2 is 2.32 bits per heavy atom. The predicted octanol–water partition coefficient (Wildman–Crippen LogP) is 1.33. The minimum absolute atomic E-state index is 0.0535. The summed E-state index contributed by atoms with van der Waals surface area (Å²) >= 11 is 0. The fourth-order valence-corrected chi connectivity index (χ4v) is 2.13. The molecule has 1 saturated heterocycles. The van der Waals surface area contributed by atoms with E-state index in [0.717, 1.165) is 0 Å². The molecule has 1 aromatic heterocycles. The van der Waals surface area contributed by atoms with Crippen molar-refractivity contribution < 1.29 is 9.72 Å². The summed E-state index contributed by atoms with van der Waals surface area (Å²) in [6.45, 7) is 2.24. The second-order valence-electron chi connectivity index (χ2n) is 4.77. The topological polar surface area (TPSA) is 88.4 Å². The Bertz CT molecular complexity index is 518. The largest absolute Gasteiger partial charge is 0.365 e. The van der Waals surface area contributed by atoms with Crippen molar-refractivity contribution in [3.8, 4) is 0 Å². The molecule has 102 valence electrons. The van der Waals surface area contributed by atoms with Crippen molar-refractivity contribution in [2.75, 3.05) is 18.9 Å². The van der Waals surface area contributed by atoms with E-state index in [2.05, 4.69) is 10.3 Å². The summed E-state index contributed by atoms with van der Waals surface area (Å²) in [5.74, 6) is 0.603. The number of nitrogens with one attached hydrogen (secondary N) is 1. The van der Waals surface area contributed by atoms with Gasteiger partial charge in [-0.15, -0.1) is 0 Å². The van der Waals surface area contributed by atoms with Crippen LogP contribution < -0.4 is 5.32 Å². The molecule has 0 spiro atoms. The molecule has 0 saturated carbocycles. The van der Waals surface area contributed by atoms with Gasteiger partial charge in [0.25, 0.3) is 5.69 Å². The van der Waals surface area contributed by atoms with Crippen molar-refractivity contribution in [2.24, 2.45) is 0 Å². The Morgan fingerprint density at radius 3 is 2.95 bits per heavy atom. The number of aryl methyl sites for hydroxylation is 1. The van der Waals surface area contributed by atoms with E-state index < -0.39 is 4.92 Å². The summed E-state index contributed by atoms with van der Waals surface area (Å²) in [7, 11) is 1.75. The normalized spacial score (nSPS) is 19.4. The lowest BCUT2D eigenvalue weighted by Crippen LogP contribution is -2.43. The zero-order valence-electron chi connectivity index (χ0n) is 10.9. The Labute approximate surface area is 110 Å². The molecule has 2 rings (SSSR count). The molecule has 7 heteroatoms. The van der Waals surface area contributed by atoms with Crippen molar-refractivity contribution >= 4 is 17.4 Å². The van der Waals surface area contributed by atoms with Gasteiger partial charge in [-0.25, -0.2) is 4.98 Å². The first-order valence-corrected chi connectivity index (χ1v) is 6.09. The third-order valence-electron chi connectivity index (χ3n) is 3.25. The van der Waals surface area contributed by atoms with Crippen LogP contribution in [0.4, 0.5) is 11.5 Å². The lowest BCUT2D eigenvalue weighted by Gasteiger charge is -2.30. The molecule has 0 radical (unpaired) electrons. The summed E-state index contributed by atoms with van der Waals surface area (Å²) in [5.41, 5.74) is 0.587. The van der Waals surface area contributed by atoms with Crippen LogP contribution in [0.25, 0.3) is 0 Å². The van der Waals surface area contributed by atoms with Crippen LogP contribution in [0.1, 0.15) is 18.4 Å². The standard InChI is InChI=1S/C12H16N4O3/c1-8-6-13-11(5-10(8)16(18)19)14-9-3-4-12(17)15(2)7-9/h5-6,9H,3-4,7H2,1-2H3,(H,13,14). The van der Waals surface area contributed by atoms with Crippen molar-refractivity contribution in [1.82, 2.24) is 9.88 Å². The van der Waals surface area contributed by atoms with Gasteiger partial charge in [-0.3, -0.25) is 14.9 Å². The van der Waals surface area contributed by atoms with Crippen LogP contribution in [0, 0.1) is 17.0 Å². The molecule has 1 amide bonds. The molecule has 1 fully saturated rings. The second-order valence-corrected chi connectivity index (χ2v) is 4.77. The number of anilines is 1. The number of carbonyl (C=O) groups excluding carboxylic acids is 1. The van der Waals surface area contributed by atoms with Gasteiger partial charge in [0.05, 0.1) is 11.0 Å². The number of likely N-dealkylation sites (N-methyl/N-ethyl adjacent to an activating group) is 1. The molecule has 1 atom stereocenters. The summed E-state index contributed by atoms with van der Waals surface area (Å²) in [5, 5.41) is 14.0. The molecule has 2 heterocycles. The molecule has 1 aromatic rings. The number of nitrogens with zero attached hydrogens (tertiary/aromatic N) is 3. The number of pyridine rings is 1. The zero-order chi connectivity index (χ0) is 14.0. The van der Waals surface area contributed by atoms with Crippen LogP contribution in [0.15, 0.2) is 12.3 Å². The molecular formula is C12H16N4O3. The van der Waals surface area contributed by atoms with Gasteiger partial charge in [-0.1, -0.05) is 0 Å². The van der Waals surface area contributed by atoms with E-state index >= 15 is 0 Å². The van der Waals surface area contributed by atoms with Crippen molar-refractivity contribution in [1.29, 1.82) is 0 Å². The maximum absolute atomic E-state index is 11.4. The number of nitro groups is 1. The maximum Gasteiger partial charge on any atom is 0.277 e. The highest BCUT2D eigenvalue weighted by atomic mass is 16.6. The van der Waals surface area contributed by atoms with E-state index in [1.54, 1.807) is 18.9 Å². The number of likely N-dealkylation sites (tertiary alicyclic amines) is 1. The van der Waals surface area contributed by atoms with Crippen LogP contribution in [0.3, 0.4) is 0 Å². The number of piperidine rings is 1. The minimum atomic E-state index is -0.418. The number of rotatable bonds is 3. The average Bonchev–Trinajstić information content (AvgIpc) is 2.36. The van der Waals surface area contributed by atoms with Crippen LogP contribution in [-0.4, -0.2) is 40.3 Å². The summed E-state index contributed by atoms with van der Waals surface area (Å²) in [6.07, 6.45) is 2.69. The maximum atomic E-state index is 11.4. The Kier molecular flexibility index (Phi) is 3.64. The monoisotopic (exact) mass is 264 g/mol. The van der Waals surface area contributed by atoms with E-state index in [-0.39, 0.29) is 17.6 Å². The number of hydrogen-bond acceptors (Lipinski definition) is 5. The predicted molar refractivity (Wildman–Crippen MR) is 69.9 cm³/mol. The molecule has 1 N–H and O–H groups in total. The van der Waals surface area contributed by atoms with Crippen molar-refractivity contribution in [3.63, 3.8) is 0 Å². The van der Waals surface area contributed by atoms with Gasteiger partial charge >= 0.3 is 0 Å². The molecule has 1 aliphatic rings. The van der Waals surface area contributed by atoms with Crippen LogP contribution in [0.2, 0.25) is 0 Å². The summed E-state index contributed by atoms with van der Waals surface area (Å²) in [6, 6.07) is 1.52. The molecule has 1 aliphatic heterocycles. The molecule has 19 heavy (non-hydrogen) atoms. The van der Waals surface area contributed by atoms with Crippen LogP contribution in [-0.2, 0) is 4.79 Å². The summed E-state index contributed by atoms with van der Waals surface area (Å²) < 4.78 is 0. The molecular weight excluding hydrogens is 248 g/mol. The highest BCUT2D eigenvalue weighted by Gasteiger charge is 2.23. The fourth-order valence-electron chi connectivity index (χ4n) is 2.13. The van der Waals surface area contributed by atoms with E-state index in [9.17, 15) is 14.9 Å². The number of aromatic nitrogens is 1. The van der Waals surface area contributed by atoms with E-state index in [0.29, 0.717) is 30.8 Å². The van der Waals surface area contributed by atoms with E-state index in [4.69, 9.17) is 0 Å². The lowest BCUT2D eigenvalue weighted by molar-refractivity contribution is -0.385. The summed E-state index contributed by atoms with van der Waals surface area (Å²) in [4.78, 5) is 27.6. The van der Waals surface area contributed by atoms with Gasteiger partial charge in [-0.05, 0) is 13.3 Å². The first kappa shape index (κ1) is 13.3. The first-order chi connectivity index (χ1) is 8.97. The number of hydrogen-bond donors (Lipinski definition) is 1. The quantitative estimate of drug-likeness (QED) is 0.657. The van der Waals surface area contributed by atoms with Crippen molar-refractivity contribution in [2.45, 2.75) is 25.8 Å². The zero-order valence-corrected chi connectivity index (χ0v) is 10.9. The SMILES string of the molecule is Cc1cnc(NC2CCC(=O)N(C)C2)cc1[N+](=O)[O-]. The third-order valence-corrected chi connectivity index (χ3v) is 3.25. The van der Waals surface area contributed by atoms with Gasteiger partial charge in [0.15, 0.2) is 0 Å². The first-order valence-electron chi connectivity index (χ1n) is 6.09. The Balaban J connectivity index is 2.09. The highest BCUT2D eigenvalue weighted by molar-refractivity contribution is 5.77. The van der Waals surface area contributed by atoms with Crippen molar-refractivity contribution in [3.05, 3.63) is 27.9 Å². The third kappa shape index (κ3) is 2.98. The Hall–Kier alpha value is -2.18. The van der Waals surface area contributed by atoms with E-state index in [1.807, 2.05) is 0 Å². The van der Waals surface area contributed by atoms with Crippen LogP contribution >= 0.6 is 0 Å². The van der Waals surface area contributed by atoms with Gasteiger partial charge in [0.2, 0.25) is 5.91 Å².